The maximum absolute atomic E-state index is 2.32. The molecule has 0 N–H and O–H groups in total. The van der Waals surface area contributed by atoms with Crippen LogP contribution in [-0.2, 0) is 0 Å². The molecule has 0 atom stereocenters. The Morgan fingerprint density at radius 1 is 0.407 bits per heavy atom. The summed E-state index contributed by atoms with van der Waals surface area (Å²) < 4.78 is 2.32. The van der Waals surface area contributed by atoms with Crippen molar-refractivity contribution in [3.05, 3.63) is 78.9 Å². The standard InChI is InChI=1S/C18H13N.4C2H6/c1-2-8-14(9-3-1)19-17-12-6-4-10-15(17)16-11-5-7-13-18(16)19;4*1-2/h1-13H;4*1-2H3. The predicted octanol–water partition coefficient (Wildman–Crippen LogP) is 8.89. The highest BCUT2D eigenvalue weighted by molar-refractivity contribution is 6.09. The largest absolute Gasteiger partial charge is 0.309 e. The number of nitrogens with zero attached hydrogens (tertiary/aromatic N) is 1. The quantitative estimate of drug-likeness (QED) is 0.318. The van der Waals surface area contributed by atoms with Gasteiger partial charge < -0.3 is 4.57 Å². The van der Waals surface area contributed by atoms with E-state index in [0.29, 0.717) is 0 Å². The Bertz CT molecular complexity index is 804. The van der Waals surface area contributed by atoms with E-state index < -0.39 is 0 Å². The van der Waals surface area contributed by atoms with Gasteiger partial charge in [0.1, 0.15) is 0 Å². The van der Waals surface area contributed by atoms with Gasteiger partial charge in [-0.1, -0.05) is 110 Å². The second-order valence-electron chi connectivity index (χ2n) is 4.71. The molecule has 0 fully saturated rings. The van der Waals surface area contributed by atoms with Gasteiger partial charge in [-0.2, -0.15) is 0 Å². The minimum absolute atomic E-state index is 1.21. The molecule has 4 rings (SSSR count). The van der Waals surface area contributed by atoms with Crippen molar-refractivity contribution in [2.24, 2.45) is 0 Å². The molecule has 0 saturated heterocycles. The van der Waals surface area contributed by atoms with Gasteiger partial charge in [-0.05, 0) is 24.3 Å². The van der Waals surface area contributed by atoms with Gasteiger partial charge in [-0.25, -0.2) is 0 Å². The van der Waals surface area contributed by atoms with Crippen LogP contribution in [0.2, 0.25) is 0 Å². The van der Waals surface area contributed by atoms with Gasteiger partial charge in [0, 0.05) is 16.5 Å². The third kappa shape index (κ3) is 5.72. The van der Waals surface area contributed by atoms with Crippen LogP contribution in [-0.4, -0.2) is 4.57 Å². The van der Waals surface area contributed by atoms with E-state index in [0.717, 1.165) is 0 Å². The molecule has 0 bridgehead atoms. The average molecular weight is 364 g/mol. The van der Waals surface area contributed by atoms with E-state index in [9.17, 15) is 0 Å². The predicted molar refractivity (Wildman–Crippen MR) is 126 cm³/mol. The van der Waals surface area contributed by atoms with Crippen molar-refractivity contribution in [3.63, 3.8) is 0 Å². The lowest BCUT2D eigenvalue weighted by atomic mass is 10.2. The van der Waals surface area contributed by atoms with E-state index in [1.54, 1.807) is 0 Å². The average Bonchev–Trinajstić information content (AvgIpc) is 3.14. The molecule has 27 heavy (non-hydrogen) atoms. The Hall–Kier alpha value is -2.54. The Morgan fingerprint density at radius 2 is 0.741 bits per heavy atom. The van der Waals surface area contributed by atoms with Crippen LogP contribution in [0.4, 0.5) is 0 Å². The fourth-order valence-electron chi connectivity index (χ4n) is 2.78. The summed E-state index contributed by atoms with van der Waals surface area (Å²) in [6, 6.07) is 27.7. The highest BCUT2D eigenvalue weighted by atomic mass is 15.0. The summed E-state index contributed by atoms with van der Waals surface area (Å²) in [6.45, 7) is 16.0. The Balaban J connectivity index is 0.000000757. The molecular weight excluding hydrogens is 326 g/mol. The third-order valence-electron chi connectivity index (χ3n) is 3.59. The lowest BCUT2D eigenvalue weighted by molar-refractivity contribution is 1.18. The van der Waals surface area contributed by atoms with Gasteiger partial charge in [-0.3, -0.25) is 0 Å². The van der Waals surface area contributed by atoms with Crippen LogP contribution in [0.1, 0.15) is 55.4 Å². The highest BCUT2D eigenvalue weighted by Gasteiger charge is 2.10. The summed E-state index contributed by atoms with van der Waals surface area (Å²) in [5.41, 5.74) is 3.73. The summed E-state index contributed by atoms with van der Waals surface area (Å²) in [7, 11) is 0. The maximum atomic E-state index is 2.32. The zero-order chi connectivity index (χ0) is 20.7. The Kier molecular flexibility index (Phi) is 13.2. The first-order valence-corrected chi connectivity index (χ1v) is 10.5. The van der Waals surface area contributed by atoms with Crippen LogP contribution < -0.4 is 0 Å². The Labute approximate surface area is 166 Å². The summed E-state index contributed by atoms with van der Waals surface area (Å²) in [6.07, 6.45) is 0. The van der Waals surface area contributed by atoms with Crippen molar-refractivity contribution in [2.75, 3.05) is 0 Å². The molecule has 0 aliphatic rings. The molecule has 146 valence electrons. The molecule has 0 saturated carbocycles. The van der Waals surface area contributed by atoms with Crippen LogP contribution in [0.5, 0.6) is 0 Å². The van der Waals surface area contributed by atoms with E-state index in [2.05, 4.69) is 83.4 Å². The second-order valence-corrected chi connectivity index (χ2v) is 4.71. The topological polar surface area (TPSA) is 4.93 Å². The number of benzene rings is 3. The third-order valence-corrected chi connectivity index (χ3v) is 3.59. The molecule has 0 spiro atoms. The van der Waals surface area contributed by atoms with E-state index in [1.165, 1.54) is 27.5 Å². The number of aromatic nitrogens is 1. The van der Waals surface area contributed by atoms with Gasteiger partial charge >= 0.3 is 0 Å². The molecule has 4 aromatic rings. The van der Waals surface area contributed by atoms with E-state index >= 15 is 0 Å². The van der Waals surface area contributed by atoms with E-state index in [-0.39, 0.29) is 0 Å². The summed E-state index contributed by atoms with van der Waals surface area (Å²) in [4.78, 5) is 0. The number of hydrogen-bond acceptors (Lipinski definition) is 0. The molecule has 3 aromatic carbocycles. The van der Waals surface area contributed by atoms with Gasteiger partial charge in [0.05, 0.1) is 11.0 Å². The lowest BCUT2D eigenvalue weighted by Gasteiger charge is -2.06. The zero-order valence-electron chi connectivity index (χ0n) is 18.5. The first-order chi connectivity index (χ1) is 13.4. The van der Waals surface area contributed by atoms with E-state index in [4.69, 9.17) is 0 Å². The summed E-state index contributed by atoms with van der Waals surface area (Å²) in [5, 5.41) is 2.61. The van der Waals surface area contributed by atoms with Crippen molar-refractivity contribution >= 4 is 21.8 Å². The monoisotopic (exact) mass is 363 g/mol. The minimum Gasteiger partial charge on any atom is -0.309 e. The highest BCUT2D eigenvalue weighted by Crippen LogP contribution is 2.31. The molecule has 0 unspecified atom stereocenters. The zero-order valence-corrected chi connectivity index (χ0v) is 18.5. The van der Waals surface area contributed by atoms with Crippen LogP contribution in [0.15, 0.2) is 78.9 Å². The maximum Gasteiger partial charge on any atom is 0.0541 e. The number of fused-ring (bicyclic) bond motifs is 3. The Morgan fingerprint density at radius 3 is 1.15 bits per heavy atom. The first-order valence-electron chi connectivity index (χ1n) is 10.5. The van der Waals surface area contributed by atoms with Crippen LogP contribution in [0.3, 0.4) is 0 Å². The fourth-order valence-corrected chi connectivity index (χ4v) is 2.78. The lowest BCUT2D eigenvalue weighted by Crippen LogP contribution is -1.92. The summed E-state index contributed by atoms with van der Waals surface area (Å²) >= 11 is 0. The fraction of sp³-hybridized carbons (Fsp3) is 0.308. The molecule has 0 aliphatic heterocycles. The SMILES string of the molecule is CC.CC.CC.CC.c1ccc(-n2c3ccccc3c3ccccc32)cc1. The molecule has 0 amide bonds. The van der Waals surface area contributed by atoms with Crippen LogP contribution in [0.25, 0.3) is 27.5 Å². The van der Waals surface area contributed by atoms with Crippen LogP contribution >= 0.6 is 0 Å². The van der Waals surface area contributed by atoms with Crippen molar-refractivity contribution in [1.82, 2.24) is 4.57 Å². The van der Waals surface area contributed by atoms with Gasteiger partial charge in [0.25, 0.3) is 0 Å². The van der Waals surface area contributed by atoms with Crippen molar-refractivity contribution in [1.29, 1.82) is 0 Å². The van der Waals surface area contributed by atoms with E-state index in [1.807, 2.05) is 55.4 Å². The molecule has 1 aromatic heterocycles. The normalized spacial score (nSPS) is 8.74. The van der Waals surface area contributed by atoms with Crippen LogP contribution in [0, 0.1) is 0 Å². The second kappa shape index (κ2) is 14.6. The van der Waals surface area contributed by atoms with Crippen molar-refractivity contribution in [2.45, 2.75) is 55.4 Å². The first kappa shape index (κ1) is 24.5. The molecule has 0 aliphatic carbocycles. The molecule has 1 heterocycles. The number of para-hydroxylation sites is 3. The number of rotatable bonds is 1. The van der Waals surface area contributed by atoms with Gasteiger partial charge in [0.2, 0.25) is 0 Å². The smallest absolute Gasteiger partial charge is 0.0541 e. The summed E-state index contributed by atoms with van der Waals surface area (Å²) in [5.74, 6) is 0. The molecular formula is C26H37N. The molecule has 1 nitrogen and oxygen atoms in total. The molecule has 0 radical (unpaired) electrons. The number of hydrogen-bond donors (Lipinski definition) is 0. The van der Waals surface area contributed by atoms with Crippen molar-refractivity contribution in [3.8, 4) is 5.69 Å². The van der Waals surface area contributed by atoms with Gasteiger partial charge in [-0.15, -0.1) is 0 Å². The molecule has 1 heteroatoms. The van der Waals surface area contributed by atoms with Crippen molar-refractivity contribution < 1.29 is 0 Å². The minimum atomic E-state index is 1.21. The van der Waals surface area contributed by atoms with Gasteiger partial charge in [0.15, 0.2) is 0 Å².